The van der Waals surface area contributed by atoms with Crippen molar-refractivity contribution in [3.8, 4) is 0 Å². The molecule has 4 rings (SSSR count). The quantitative estimate of drug-likeness (QED) is 0.386. The first-order valence-electron chi connectivity index (χ1n) is 11.5. The third-order valence-corrected chi connectivity index (χ3v) is 6.09. The van der Waals surface area contributed by atoms with Gasteiger partial charge < -0.3 is 30.6 Å². The molecule has 11 heteroatoms. The van der Waals surface area contributed by atoms with Gasteiger partial charge in [0, 0.05) is 44.3 Å². The fraction of sp³-hybridized carbons (Fsp3) is 0.320. The molecule has 3 amide bonds. The minimum atomic E-state index is -0.411. The second kappa shape index (κ2) is 10.6. The molecule has 11 nitrogen and oxygen atoms in total. The van der Waals surface area contributed by atoms with Crippen molar-refractivity contribution in [1.82, 2.24) is 24.8 Å². The summed E-state index contributed by atoms with van der Waals surface area (Å²) in [7, 11) is 1.58. The molecule has 1 aliphatic rings. The Morgan fingerprint density at radius 3 is 2.83 bits per heavy atom. The van der Waals surface area contributed by atoms with E-state index in [9.17, 15) is 14.4 Å². The normalized spacial score (nSPS) is 12.2. The molecule has 0 radical (unpaired) electrons. The van der Waals surface area contributed by atoms with Crippen LogP contribution in [0.1, 0.15) is 49.1 Å². The molecule has 0 aliphatic carbocycles. The summed E-state index contributed by atoms with van der Waals surface area (Å²) >= 11 is 0. The minimum absolute atomic E-state index is 0.147. The highest BCUT2D eigenvalue weighted by Crippen LogP contribution is 2.25. The number of hydrogen-bond donors (Lipinski definition) is 3. The maximum Gasteiger partial charge on any atom is 0.291 e. The van der Waals surface area contributed by atoms with E-state index < -0.39 is 5.91 Å². The monoisotopic (exact) mass is 491 g/mol. The van der Waals surface area contributed by atoms with Gasteiger partial charge in [0.15, 0.2) is 5.82 Å². The first kappa shape index (κ1) is 24.9. The Hall–Kier alpha value is -4.25. The van der Waals surface area contributed by atoms with Gasteiger partial charge in [-0.15, -0.1) is 0 Å². The van der Waals surface area contributed by atoms with Crippen LogP contribution in [-0.4, -0.2) is 57.9 Å². The Bertz CT molecular complexity index is 1290. The van der Waals surface area contributed by atoms with Crippen molar-refractivity contribution in [3.63, 3.8) is 0 Å². The van der Waals surface area contributed by atoms with Crippen LogP contribution in [0.3, 0.4) is 0 Å². The molecular weight excluding hydrogens is 462 g/mol. The lowest BCUT2D eigenvalue weighted by atomic mass is 10.1. The van der Waals surface area contributed by atoms with Crippen LogP contribution in [0.2, 0.25) is 0 Å². The van der Waals surface area contributed by atoms with E-state index in [0.29, 0.717) is 37.7 Å². The zero-order chi connectivity index (χ0) is 25.8. The maximum absolute atomic E-state index is 12.9. The molecule has 188 valence electrons. The number of benzene rings is 1. The van der Waals surface area contributed by atoms with E-state index >= 15 is 0 Å². The molecular formula is C25H29N7O4. The number of pyridine rings is 1. The third-order valence-electron chi connectivity index (χ3n) is 6.09. The topological polar surface area (TPSA) is 144 Å². The van der Waals surface area contributed by atoms with Crippen LogP contribution in [0.25, 0.3) is 0 Å². The molecule has 0 saturated heterocycles. The Balaban J connectivity index is 1.48. The second-order valence-corrected chi connectivity index (χ2v) is 8.70. The number of amides is 3. The number of fused-ring (bicyclic) bond motifs is 2. The third kappa shape index (κ3) is 5.36. The number of imidazole rings is 1. The first-order valence-corrected chi connectivity index (χ1v) is 11.5. The highest BCUT2D eigenvalue weighted by molar-refractivity contribution is 6.04. The molecule has 0 saturated carbocycles. The second-order valence-electron chi connectivity index (χ2n) is 8.70. The number of aromatic nitrogens is 3. The molecule has 0 atom stereocenters. The van der Waals surface area contributed by atoms with Gasteiger partial charge in [-0.1, -0.05) is 12.1 Å². The minimum Gasteiger partial charge on any atom is -0.384 e. The van der Waals surface area contributed by atoms with Crippen molar-refractivity contribution >= 4 is 29.7 Å². The van der Waals surface area contributed by atoms with E-state index in [1.807, 2.05) is 32.0 Å². The van der Waals surface area contributed by atoms with Crippen molar-refractivity contribution in [2.75, 3.05) is 31.3 Å². The van der Waals surface area contributed by atoms with Crippen LogP contribution in [0.4, 0.5) is 11.5 Å². The van der Waals surface area contributed by atoms with Gasteiger partial charge >= 0.3 is 0 Å². The summed E-state index contributed by atoms with van der Waals surface area (Å²) in [6, 6.07) is 7.42. The Morgan fingerprint density at radius 1 is 1.31 bits per heavy atom. The highest BCUT2D eigenvalue weighted by atomic mass is 16.5. The van der Waals surface area contributed by atoms with Gasteiger partial charge in [0.2, 0.25) is 6.41 Å². The molecule has 2 aromatic heterocycles. The number of carbonyl (C=O) groups is 3. The summed E-state index contributed by atoms with van der Waals surface area (Å²) in [5.74, 6) is -0.219. The number of rotatable bonds is 9. The first-order chi connectivity index (χ1) is 17.3. The van der Waals surface area contributed by atoms with Crippen LogP contribution in [-0.2, 0) is 29.2 Å². The summed E-state index contributed by atoms with van der Waals surface area (Å²) in [6.45, 7) is 5.69. The number of hydrogen-bond acceptors (Lipinski definition) is 7. The molecule has 36 heavy (non-hydrogen) atoms. The number of methoxy groups -OCH3 is 1. The molecule has 4 N–H and O–H groups in total. The molecule has 0 spiro atoms. The molecule has 0 bridgehead atoms. The summed E-state index contributed by atoms with van der Waals surface area (Å²) < 4.78 is 6.70. The van der Waals surface area contributed by atoms with Gasteiger partial charge in [-0.25, -0.2) is 9.97 Å². The van der Waals surface area contributed by atoms with E-state index in [1.54, 1.807) is 28.8 Å². The zero-order valence-corrected chi connectivity index (χ0v) is 20.5. The fourth-order valence-corrected chi connectivity index (χ4v) is 4.19. The summed E-state index contributed by atoms with van der Waals surface area (Å²) in [4.78, 5) is 47.2. The molecule has 1 aromatic carbocycles. The summed E-state index contributed by atoms with van der Waals surface area (Å²) in [5, 5.41) is 5.73. The van der Waals surface area contributed by atoms with Crippen molar-refractivity contribution in [2.45, 2.75) is 33.5 Å². The van der Waals surface area contributed by atoms with Gasteiger partial charge in [0.05, 0.1) is 13.2 Å². The largest absolute Gasteiger partial charge is 0.384 e. The Kier molecular flexibility index (Phi) is 7.30. The van der Waals surface area contributed by atoms with Crippen molar-refractivity contribution in [1.29, 1.82) is 0 Å². The fourth-order valence-electron chi connectivity index (χ4n) is 4.19. The van der Waals surface area contributed by atoms with Gasteiger partial charge in [0.25, 0.3) is 11.8 Å². The van der Waals surface area contributed by atoms with Crippen LogP contribution in [0.5, 0.6) is 0 Å². The van der Waals surface area contributed by atoms with Crippen LogP contribution >= 0.6 is 0 Å². The SMILES string of the molecule is COCCN(C=O)Cc1ccc2c(c1)NC(=O)c1nc(C(=O)NCc3c(C)cc(N)nc3C)cn1C2. The lowest BCUT2D eigenvalue weighted by Crippen LogP contribution is -2.25. The highest BCUT2D eigenvalue weighted by Gasteiger charge is 2.24. The average molecular weight is 492 g/mol. The number of carbonyl (C=O) groups excluding carboxylic acids is 3. The summed E-state index contributed by atoms with van der Waals surface area (Å²) in [6.07, 6.45) is 2.35. The van der Waals surface area contributed by atoms with Gasteiger partial charge in [-0.3, -0.25) is 14.4 Å². The zero-order valence-electron chi connectivity index (χ0n) is 20.5. The lowest BCUT2D eigenvalue weighted by molar-refractivity contribution is -0.119. The number of anilines is 2. The van der Waals surface area contributed by atoms with E-state index in [0.717, 1.165) is 34.4 Å². The smallest absolute Gasteiger partial charge is 0.291 e. The molecule has 0 fully saturated rings. The van der Waals surface area contributed by atoms with E-state index in [4.69, 9.17) is 10.5 Å². The van der Waals surface area contributed by atoms with Crippen molar-refractivity contribution < 1.29 is 19.1 Å². The summed E-state index contributed by atoms with van der Waals surface area (Å²) in [5.41, 5.74) is 10.9. The van der Waals surface area contributed by atoms with Gasteiger partial charge in [0.1, 0.15) is 11.5 Å². The maximum atomic E-state index is 12.9. The number of nitrogens with two attached hydrogens (primary N) is 1. The average Bonchev–Trinajstić information content (AvgIpc) is 3.21. The van der Waals surface area contributed by atoms with Gasteiger partial charge in [-0.05, 0) is 48.2 Å². The Labute approximate surface area is 208 Å². The number of nitrogen functional groups attached to an aromatic ring is 1. The number of nitrogens with zero attached hydrogens (tertiary/aromatic N) is 4. The lowest BCUT2D eigenvalue weighted by Gasteiger charge is -2.18. The molecule has 0 unspecified atom stereocenters. The standard InChI is InChI=1S/C25H29N7O4/c1-15-8-22(26)28-16(2)19(15)10-27-24(34)21-13-32-12-18-5-4-17(11-31(14-33)6-7-36-3)9-20(18)30-25(35)23(32)29-21/h4-5,8-9,13-14H,6-7,10-12H2,1-3H3,(H2,26,28)(H,27,34)(H,30,35). The van der Waals surface area contributed by atoms with E-state index in [2.05, 4.69) is 20.6 Å². The van der Waals surface area contributed by atoms with Crippen LogP contribution in [0, 0.1) is 13.8 Å². The molecule has 1 aliphatic heterocycles. The predicted molar refractivity (Wildman–Crippen MR) is 133 cm³/mol. The Morgan fingerprint density at radius 2 is 2.11 bits per heavy atom. The number of aryl methyl sites for hydroxylation is 2. The van der Waals surface area contributed by atoms with Crippen LogP contribution < -0.4 is 16.4 Å². The van der Waals surface area contributed by atoms with E-state index in [1.165, 1.54) is 0 Å². The van der Waals surface area contributed by atoms with E-state index in [-0.39, 0.29) is 24.0 Å². The molecule has 3 heterocycles. The number of ether oxygens (including phenoxy) is 1. The number of nitrogens with one attached hydrogen (secondary N) is 2. The van der Waals surface area contributed by atoms with Crippen LogP contribution in [0.15, 0.2) is 30.5 Å². The predicted octanol–water partition coefficient (Wildman–Crippen LogP) is 1.63. The molecule has 3 aromatic rings. The van der Waals surface area contributed by atoms with Gasteiger partial charge in [-0.2, -0.15) is 0 Å². The van der Waals surface area contributed by atoms with Crippen molar-refractivity contribution in [3.05, 3.63) is 69.9 Å². The van der Waals surface area contributed by atoms with Crippen molar-refractivity contribution in [2.24, 2.45) is 0 Å².